The average molecular weight is 381 g/mol. The number of hydrogen-bond acceptors (Lipinski definition) is 7. The van der Waals surface area contributed by atoms with Gasteiger partial charge in [-0.2, -0.15) is 5.26 Å². The minimum atomic E-state index is -0.709. The third kappa shape index (κ3) is 3.14. The van der Waals surface area contributed by atoms with E-state index >= 15 is 0 Å². The molecule has 1 aliphatic carbocycles. The molecule has 1 aromatic carbocycles. The molecule has 28 heavy (non-hydrogen) atoms. The van der Waals surface area contributed by atoms with Crippen molar-refractivity contribution < 1.29 is 9.72 Å². The highest BCUT2D eigenvalue weighted by atomic mass is 16.6. The molecule has 0 spiro atoms. The van der Waals surface area contributed by atoms with Crippen LogP contribution in [0.2, 0.25) is 0 Å². The molecule has 2 N–H and O–H groups in total. The van der Waals surface area contributed by atoms with Crippen LogP contribution < -0.4 is 5.73 Å². The predicted molar refractivity (Wildman–Crippen MR) is 103 cm³/mol. The summed E-state index contributed by atoms with van der Waals surface area (Å²) in [5.74, 6) is -0.525. The number of allylic oxidation sites excluding steroid dienone is 3. The Kier molecular flexibility index (Phi) is 4.73. The average Bonchev–Trinajstić information content (AvgIpc) is 2.59. The Balaban J connectivity index is 2.29. The van der Waals surface area contributed by atoms with E-state index in [1.807, 2.05) is 13.8 Å². The van der Waals surface area contributed by atoms with Crippen molar-refractivity contribution in [2.75, 3.05) is 14.1 Å². The van der Waals surface area contributed by atoms with E-state index < -0.39 is 10.8 Å². The normalized spacial score (nSPS) is 21.6. The van der Waals surface area contributed by atoms with E-state index in [0.717, 1.165) is 5.70 Å². The first-order chi connectivity index (χ1) is 13.1. The van der Waals surface area contributed by atoms with Crippen LogP contribution in [0.4, 0.5) is 5.69 Å². The number of nitro benzene ring substituents is 1. The van der Waals surface area contributed by atoms with Crippen LogP contribution in [-0.2, 0) is 4.79 Å². The van der Waals surface area contributed by atoms with Gasteiger partial charge in [-0.1, -0.05) is 26.0 Å². The number of rotatable bonds is 3. The van der Waals surface area contributed by atoms with Crippen molar-refractivity contribution in [3.8, 4) is 6.07 Å². The molecule has 8 nitrogen and oxygen atoms in total. The second-order valence-electron chi connectivity index (χ2n) is 8.16. The number of nitriles is 1. The standard InChI is InChI=1S/C20H23N5O3/c1-20(2)9-15-18(16(26)10-20)17(12-6-5-7-13(8-12)25(27)28)14(11-21)19(22)24(15)23(3)4/h5-8,17H,9-10,22H2,1-4H3/t17-/m0/s1. The summed E-state index contributed by atoms with van der Waals surface area (Å²) in [5, 5.41) is 24.5. The maximum atomic E-state index is 13.2. The van der Waals surface area contributed by atoms with E-state index in [2.05, 4.69) is 6.07 Å². The summed E-state index contributed by atoms with van der Waals surface area (Å²) >= 11 is 0. The van der Waals surface area contributed by atoms with Gasteiger partial charge < -0.3 is 5.73 Å². The highest BCUT2D eigenvalue weighted by Crippen LogP contribution is 2.49. The van der Waals surface area contributed by atoms with Gasteiger partial charge >= 0.3 is 0 Å². The number of non-ortho nitro benzene ring substituents is 1. The number of hydrogen-bond donors (Lipinski definition) is 1. The van der Waals surface area contributed by atoms with Crippen molar-refractivity contribution in [2.24, 2.45) is 11.1 Å². The van der Waals surface area contributed by atoms with Gasteiger partial charge in [0.1, 0.15) is 5.82 Å². The number of nitrogens with two attached hydrogens (primary N) is 1. The number of nitro groups is 1. The van der Waals surface area contributed by atoms with E-state index in [1.54, 1.807) is 36.2 Å². The smallest absolute Gasteiger partial charge is 0.269 e. The van der Waals surface area contributed by atoms with Crippen LogP contribution in [0.1, 0.15) is 38.2 Å². The van der Waals surface area contributed by atoms with Crippen LogP contribution >= 0.6 is 0 Å². The second-order valence-corrected chi connectivity index (χ2v) is 8.16. The van der Waals surface area contributed by atoms with Crippen LogP contribution in [0.3, 0.4) is 0 Å². The molecule has 1 aromatic rings. The molecule has 1 aliphatic heterocycles. The Hall–Kier alpha value is -3.18. The molecular weight excluding hydrogens is 358 g/mol. The molecule has 0 aromatic heterocycles. The summed E-state index contributed by atoms with van der Waals surface area (Å²) in [6, 6.07) is 8.21. The number of benzene rings is 1. The summed E-state index contributed by atoms with van der Waals surface area (Å²) in [6.07, 6.45) is 0.953. The molecule has 3 rings (SSSR count). The van der Waals surface area contributed by atoms with Crippen LogP contribution in [-0.4, -0.2) is 34.8 Å². The van der Waals surface area contributed by atoms with Gasteiger partial charge in [0.2, 0.25) is 0 Å². The van der Waals surface area contributed by atoms with E-state index in [4.69, 9.17) is 5.73 Å². The van der Waals surface area contributed by atoms with Crippen molar-refractivity contribution in [2.45, 2.75) is 32.6 Å². The molecule has 0 saturated heterocycles. The van der Waals surface area contributed by atoms with Gasteiger partial charge in [-0.3, -0.25) is 19.9 Å². The third-order valence-electron chi connectivity index (χ3n) is 5.17. The van der Waals surface area contributed by atoms with Gasteiger partial charge in [-0.15, -0.1) is 0 Å². The lowest BCUT2D eigenvalue weighted by molar-refractivity contribution is -0.384. The van der Waals surface area contributed by atoms with Crippen molar-refractivity contribution in [1.29, 1.82) is 5.26 Å². The Morgan fingerprint density at radius 1 is 1.36 bits per heavy atom. The highest BCUT2D eigenvalue weighted by molar-refractivity contribution is 6.00. The van der Waals surface area contributed by atoms with E-state index in [1.165, 1.54) is 12.1 Å². The zero-order valence-corrected chi connectivity index (χ0v) is 16.4. The molecule has 1 atom stereocenters. The molecule has 0 radical (unpaired) electrons. The number of nitrogens with zero attached hydrogens (tertiary/aromatic N) is 4. The highest BCUT2D eigenvalue weighted by Gasteiger charge is 2.45. The van der Waals surface area contributed by atoms with Crippen LogP contribution in [0.15, 0.2) is 46.9 Å². The van der Waals surface area contributed by atoms with Crippen LogP contribution in [0.25, 0.3) is 0 Å². The SMILES string of the molecule is CN(C)N1C(N)=C(C#N)[C@H](c2cccc([N+](=O)[O-])c2)C2=C1CC(C)(C)CC2=O. The largest absolute Gasteiger partial charge is 0.383 e. The Labute approximate surface area is 163 Å². The van der Waals surface area contributed by atoms with Crippen molar-refractivity contribution in [3.05, 3.63) is 62.6 Å². The molecule has 146 valence electrons. The maximum Gasteiger partial charge on any atom is 0.269 e. The fourth-order valence-corrected chi connectivity index (χ4v) is 4.10. The fourth-order valence-electron chi connectivity index (χ4n) is 4.10. The first-order valence-electron chi connectivity index (χ1n) is 8.95. The molecule has 0 amide bonds. The van der Waals surface area contributed by atoms with Crippen molar-refractivity contribution in [1.82, 2.24) is 10.0 Å². The Morgan fingerprint density at radius 3 is 2.61 bits per heavy atom. The monoisotopic (exact) mass is 381 g/mol. The zero-order valence-electron chi connectivity index (χ0n) is 16.4. The first-order valence-corrected chi connectivity index (χ1v) is 8.95. The summed E-state index contributed by atoms with van der Waals surface area (Å²) < 4.78 is 0. The van der Waals surface area contributed by atoms with Crippen molar-refractivity contribution in [3.63, 3.8) is 0 Å². The van der Waals surface area contributed by atoms with Gasteiger partial charge in [0, 0.05) is 43.9 Å². The fraction of sp³-hybridized carbons (Fsp3) is 0.400. The lowest BCUT2D eigenvalue weighted by Gasteiger charge is -2.45. The predicted octanol–water partition coefficient (Wildman–Crippen LogP) is 2.81. The van der Waals surface area contributed by atoms with Crippen LogP contribution in [0, 0.1) is 26.9 Å². The van der Waals surface area contributed by atoms with Crippen molar-refractivity contribution >= 4 is 11.5 Å². The van der Waals surface area contributed by atoms with Gasteiger partial charge in [0.15, 0.2) is 5.78 Å². The summed E-state index contributed by atoms with van der Waals surface area (Å²) in [4.78, 5) is 23.9. The second kappa shape index (κ2) is 6.77. The molecule has 8 heteroatoms. The summed E-state index contributed by atoms with van der Waals surface area (Å²) in [5.41, 5.74) is 8.02. The molecule has 0 bridgehead atoms. The van der Waals surface area contributed by atoms with Gasteiger partial charge in [0.25, 0.3) is 5.69 Å². The summed E-state index contributed by atoms with van der Waals surface area (Å²) in [7, 11) is 3.60. The quantitative estimate of drug-likeness (QED) is 0.632. The molecule has 1 heterocycles. The molecule has 0 saturated carbocycles. The van der Waals surface area contributed by atoms with E-state index in [-0.39, 0.29) is 28.3 Å². The number of Topliss-reactive ketones (excluding diaryl/α,β-unsaturated/α-hetero) is 1. The van der Waals surface area contributed by atoms with Crippen LogP contribution in [0.5, 0.6) is 0 Å². The Bertz CT molecular complexity index is 968. The number of carbonyl (C=O) groups excluding carboxylic acids is 1. The van der Waals surface area contributed by atoms with Gasteiger partial charge in [-0.25, -0.2) is 5.01 Å². The minimum Gasteiger partial charge on any atom is -0.383 e. The number of hydrazine groups is 1. The maximum absolute atomic E-state index is 13.2. The molecule has 0 fully saturated rings. The number of carbonyl (C=O) groups is 1. The van der Waals surface area contributed by atoms with Gasteiger partial charge in [0.05, 0.1) is 22.5 Å². The Morgan fingerprint density at radius 2 is 2.04 bits per heavy atom. The molecule has 0 unspecified atom stereocenters. The molecule has 2 aliphatic rings. The third-order valence-corrected chi connectivity index (χ3v) is 5.17. The topological polar surface area (TPSA) is 116 Å². The first kappa shape index (κ1) is 19.6. The van der Waals surface area contributed by atoms with E-state index in [0.29, 0.717) is 24.0 Å². The lowest BCUT2D eigenvalue weighted by Crippen LogP contribution is -2.47. The van der Waals surface area contributed by atoms with E-state index in [9.17, 15) is 20.2 Å². The summed E-state index contributed by atoms with van der Waals surface area (Å²) in [6.45, 7) is 4.04. The minimum absolute atomic E-state index is 0.0603. The number of ketones is 1. The lowest BCUT2D eigenvalue weighted by atomic mass is 9.69. The van der Waals surface area contributed by atoms with Gasteiger partial charge in [-0.05, 0) is 17.4 Å². The molecular formula is C20H23N5O3. The zero-order chi connectivity index (χ0) is 20.8.